The standard InChI is InChI=1S/C34H41F2N5O4/c1-44-30-8-4-3-7-26(30)31-24(20-42)19-39(23-38-31)22-34(45-2)13-15-40(21-33(34)11-5-6-12-33)32(43)41-16-14-37-18-29(41)27-17-25(35)9-10-28(27)36/h3-4,7-10,17,20,23,29,37H,5-6,11-16,18-19,21-22H2,1-2H3/t29-,34+/m0/s1. The van der Waals surface area contributed by atoms with Gasteiger partial charge in [0.25, 0.3) is 0 Å². The summed E-state index contributed by atoms with van der Waals surface area (Å²) in [6.45, 7) is 3.21. The molecule has 2 atom stereocenters. The number of benzene rings is 2. The summed E-state index contributed by atoms with van der Waals surface area (Å²) in [5.41, 5.74) is 1.25. The Bertz CT molecular complexity index is 1490. The SMILES string of the molecule is COc1ccccc1C1=C(C=O)CN(C[C@]2(OC)CCN(C(=O)N3CCNC[C@H]3c3cc(F)ccc3F)CC23CCCC3)C=N1. The normalized spacial score (nSPS) is 24.8. The number of hydrogen-bond acceptors (Lipinski definition) is 7. The zero-order valence-corrected chi connectivity index (χ0v) is 25.9. The number of halogens is 2. The summed E-state index contributed by atoms with van der Waals surface area (Å²) in [7, 11) is 3.34. The monoisotopic (exact) mass is 621 g/mol. The number of aliphatic imine (C=N–C) groups is 1. The number of nitrogens with zero attached hydrogens (tertiary/aromatic N) is 4. The van der Waals surface area contributed by atoms with Gasteiger partial charge in [0.1, 0.15) is 23.7 Å². The summed E-state index contributed by atoms with van der Waals surface area (Å²) in [5, 5.41) is 3.24. The number of piperazine rings is 1. The van der Waals surface area contributed by atoms with E-state index < -0.39 is 23.3 Å². The Kier molecular flexibility index (Phi) is 8.92. The third-order valence-electron chi connectivity index (χ3n) is 10.3. The maximum atomic E-state index is 14.8. The number of likely N-dealkylation sites (tertiary alicyclic amines) is 1. The van der Waals surface area contributed by atoms with Gasteiger partial charge in [-0.2, -0.15) is 0 Å². The molecule has 240 valence electrons. The van der Waals surface area contributed by atoms with Gasteiger partial charge in [0.15, 0.2) is 0 Å². The summed E-state index contributed by atoms with van der Waals surface area (Å²) in [5.74, 6) is -0.395. The van der Waals surface area contributed by atoms with Crippen LogP contribution in [0.2, 0.25) is 0 Å². The van der Waals surface area contributed by atoms with Crippen molar-refractivity contribution in [1.29, 1.82) is 0 Å². The highest BCUT2D eigenvalue weighted by molar-refractivity contribution is 5.93. The number of para-hydroxylation sites is 1. The number of nitrogens with one attached hydrogen (secondary N) is 1. The fourth-order valence-electron chi connectivity index (χ4n) is 7.95. The van der Waals surface area contributed by atoms with Crippen molar-refractivity contribution in [3.8, 4) is 5.75 Å². The lowest BCUT2D eigenvalue weighted by Gasteiger charge is -2.56. The summed E-state index contributed by atoms with van der Waals surface area (Å²) in [4.78, 5) is 36.8. The van der Waals surface area contributed by atoms with Gasteiger partial charge < -0.3 is 29.5 Å². The Hall–Kier alpha value is -3.83. The Morgan fingerprint density at radius 3 is 2.67 bits per heavy atom. The van der Waals surface area contributed by atoms with Crippen LogP contribution in [0.5, 0.6) is 5.75 Å². The molecular weight excluding hydrogens is 580 g/mol. The van der Waals surface area contributed by atoms with Gasteiger partial charge in [-0.3, -0.25) is 4.79 Å². The van der Waals surface area contributed by atoms with E-state index in [-0.39, 0.29) is 17.0 Å². The number of amides is 2. The number of ether oxygens (including phenoxy) is 2. The van der Waals surface area contributed by atoms with Crippen LogP contribution >= 0.6 is 0 Å². The fourth-order valence-corrected chi connectivity index (χ4v) is 7.95. The first-order valence-corrected chi connectivity index (χ1v) is 15.7. The second kappa shape index (κ2) is 12.9. The van der Waals surface area contributed by atoms with Crippen molar-refractivity contribution in [1.82, 2.24) is 20.0 Å². The van der Waals surface area contributed by atoms with E-state index in [0.29, 0.717) is 69.3 Å². The molecule has 3 heterocycles. The summed E-state index contributed by atoms with van der Waals surface area (Å²) in [6.07, 6.45) is 7.12. The van der Waals surface area contributed by atoms with Crippen molar-refractivity contribution in [2.24, 2.45) is 10.4 Å². The number of methoxy groups -OCH3 is 2. The molecule has 1 aliphatic carbocycles. The van der Waals surface area contributed by atoms with Crippen molar-refractivity contribution in [3.05, 3.63) is 70.8 Å². The third kappa shape index (κ3) is 5.72. The summed E-state index contributed by atoms with van der Waals surface area (Å²) in [6, 6.07) is 10.2. The summed E-state index contributed by atoms with van der Waals surface area (Å²) < 4.78 is 41.0. The minimum atomic E-state index is -0.605. The largest absolute Gasteiger partial charge is 0.496 e. The van der Waals surface area contributed by atoms with Gasteiger partial charge in [0.2, 0.25) is 0 Å². The number of rotatable bonds is 7. The van der Waals surface area contributed by atoms with Crippen LogP contribution in [0.4, 0.5) is 13.6 Å². The van der Waals surface area contributed by atoms with E-state index in [2.05, 4.69) is 5.32 Å². The van der Waals surface area contributed by atoms with Crippen LogP contribution in [-0.4, -0.2) is 99.0 Å². The number of aldehydes is 1. The van der Waals surface area contributed by atoms with Gasteiger partial charge >= 0.3 is 6.03 Å². The quantitative estimate of drug-likeness (QED) is 0.454. The lowest BCUT2D eigenvalue weighted by Crippen LogP contribution is -2.66. The second-order valence-corrected chi connectivity index (χ2v) is 12.6. The molecule has 11 heteroatoms. The Balaban J connectivity index is 1.23. The molecule has 1 spiro atoms. The first-order valence-electron chi connectivity index (χ1n) is 15.7. The van der Waals surface area contributed by atoms with Gasteiger partial charge in [-0.15, -0.1) is 0 Å². The zero-order valence-electron chi connectivity index (χ0n) is 25.9. The van der Waals surface area contributed by atoms with Gasteiger partial charge in [-0.25, -0.2) is 18.6 Å². The molecule has 0 aromatic heterocycles. The predicted octanol–water partition coefficient (Wildman–Crippen LogP) is 4.65. The average Bonchev–Trinajstić information content (AvgIpc) is 3.55. The van der Waals surface area contributed by atoms with Gasteiger partial charge in [-0.1, -0.05) is 25.0 Å². The number of piperidine rings is 1. The topological polar surface area (TPSA) is 86.7 Å². The van der Waals surface area contributed by atoms with E-state index in [9.17, 15) is 18.4 Å². The molecule has 1 saturated carbocycles. The van der Waals surface area contributed by atoms with Crippen LogP contribution in [0, 0.1) is 17.0 Å². The number of carbonyl (C=O) groups excluding carboxylic acids is 2. The van der Waals surface area contributed by atoms with Crippen LogP contribution in [0.15, 0.2) is 53.0 Å². The number of hydrogen-bond donors (Lipinski definition) is 1. The molecule has 6 rings (SSSR count). The van der Waals surface area contributed by atoms with E-state index in [1.165, 1.54) is 6.07 Å². The Morgan fingerprint density at radius 1 is 1.11 bits per heavy atom. The lowest BCUT2D eigenvalue weighted by molar-refractivity contribution is -0.155. The van der Waals surface area contributed by atoms with Crippen LogP contribution < -0.4 is 10.1 Å². The van der Waals surface area contributed by atoms with E-state index in [0.717, 1.165) is 49.7 Å². The second-order valence-electron chi connectivity index (χ2n) is 12.6. The van der Waals surface area contributed by atoms with E-state index in [4.69, 9.17) is 14.5 Å². The van der Waals surface area contributed by atoms with E-state index in [1.807, 2.05) is 34.1 Å². The number of carbonyl (C=O) groups is 2. The molecule has 0 bridgehead atoms. The smallest absolute Gasteiger partial charge is 0.320 e. The highest BCUT2D eigenvalue weighted by Crippen LogP contribution is 2.53. The predicted molar refractivity (Wildman–Crippen MR) is 167 cm³/mol. The Labute approximate surface area is 262 Å². The summed E-state index contributed by atoms with van der Waals surface area (Å²) >= 11 is 0. The van der Waals surface area contributed by atoms with E-state index >= 15 is 0 Å². The molecule has 3 fully saturated rings. The maximum Gasteiger partial charge on any atom is 0.320 e. The molecule has 0 radical (unpaired) electrons. The first-order chi connectivity index (χ1) is 21.8. The zero-order chi connectivity index (χ0) is 31.6. The molecule has 2 aromatic rings. The van der Waals surface area contributed by atoms with Crippen molar-refractivity contribution in [2.75, 3.05) is 60.0 Å². The molecular formula is C34H41F2N5O4. The Morgan fingerprint density at radius 2 is 1.91 bits per heavy atom. The van der Waals surface area contributed by atoms with Crippen molar-refractivity contribution >= 4 is 24.4 Å². The molecule has 1 N–H and O–H groups in total. The van der Waals surface area contributed by atoms with E-state index in [1.54, 1.807) is 25.5 Å². The molecule has 2 saturated heterocycles. The average molecular weight is 622 g/mol. The molecule has 3 aliphatic heterocycles. The van der Waals surface area contributed by atoms with Crippen LogP contribution in [0.3, 0.4) is 0 Å². The molecule has 9 nitrogen and oxygen atoms in total. The van der Waals surface area contributed by atoms with Crippen LogP contribution in [0.25, 0.3) is 5.70 Å². The third-order valence-corrected chi connectivity index (χ3v) is 10.3. The van der Waals surface area contributed by atoms with Crippen LogP contribution in [-0.2, 0) is 9.53 Å². The molecule has 4 aliphatic rings. The highest BCUT2D eigenvalue weighted by atomic mass is 19.1. The van der Waals surface area contributed by atoms with Crippen LogP contribution in [0.1, 0.15) is 49.3 Å². The van der Waals surface area contributed by atoms with Gasteiger partial charge in [0.05, 0.1) is 30.8 Å². The van der Waals surface area contributed by atoms with Crippen molar-refractivity contribution in [2.45, 2.75) is 43.7 Å². The fraction of sp³-hybridized carbons (Fsp3) is 0.500. The van der Waals surface area contributed by atoms with Crippen molar-refractivity contribution in [3.63, 3.8) is 0 Å². The lowest BCUT2D eigenvalue weighted by atomic mass is 9.65. The minimum absolute atomic E-state index is 0.159. The minimum Gasteiger partial charge on any atom is -0.496 e. The maximum absolute atomic E-state index is 14.8. The molecule has 2 aromatic carbocycles. The first kappa shape index (κ1) is 31.2. The molecule has 0 unspecified atom stereocenters. The molecule has 45 heavy (non-hydrogen) atoms. The number of urea groups is 1. The van der Waals surface area contributed by atoms with Gasteiger partial charge in [0, 0.05) is 75.0 Å². The molecule has 2 amide bonds. The van der Waals surface area contributed by atoms with Crippen molar-refractivity contribution < 1.29 is 27.8 Å². The highest BCUT2D eigenvalue weighted by Gasteiger charge is 2.58. The van der Waals surface area contributed by atoms with Gasteiger partial charge in [-0.05, 0) is 49.6 Å².